The van der Waals surface area contributed by atoms with Crippen LogP contribution in [-0.2, 0) is 4.74 Å². The quantitative estimate of drug-likeness (QED) is 0.668. The lowest BCUT2D eigenvalue weighted by Gasteiger charge is -2.37. The van der Waals surface area contributed by atoms with Crippen LogP contribution in [0, 0.1) is 5.92 Å². The van der Waals surface area contributed by atoms with Crippen LogP contribution in [0.1, 0.15) is 72.1 Å². The summed E-state index contributed by atoms with van der Waals surface area (Å²) in [6.45, 7) is 8.00. The predicted molar refractivity (Wildman–Crippen MR) is 79.0 cm³/mol. The first kappa shape index (κ1) is 16.0. The molecule has 1 aliphatic rings. The van der Waals surface area contributed by atoms with Crippen LogP contribution in [0.25, 0.3) is 0 Å². The topological polar surface area (TPSA) is 21.3 Å². The molecule has 0 aliphatic heterocycles. The van der Waals surface area contributed by atoms with Crippen molar-refractivity contribution in [1.29, 1.82) is 0 Å². The zero-order valence-corrected chi connectivity index (χ0v) is 12.9. The van der Waals surface area contributed by atoms with Crippen molar-refractivity contribution in [2.45, 2.75) is 83.8 Å². The first-order valence-corrected chi connectivity index (χ1v) is 7.93. The molecule has 0 heterocycles. The normalized spacial score (nSPS) is 20.5. The van der Waals surface area contributed by atoms with Gasteiger partial charge in [0, 0.05) is 13.2 Å². The van der Waals surface area contributed by atoms with E-state index >= 15 is 0 Å². The van der Waals surface area contributed by atoms with Crippen LogP contribution in [0.2, 0.25) is 0 Å². The van der Waals surface area contributed by atoms with Crippen LogP contribution < -0.4 is 5.32 Å². The summed E-state index contributed by atoms with van der Waals surface area (Å²) in [5.41, 5.74) is 0.131. The Kier molecular flexibility index (Phi) is 7.25. The molecule has 0 aromatic carbocycles. The summed E-state index contributed by atoms with van der Waals surface area (Å²) < 4.78 is 5.95. The molecule has 1 aliphatic carbocycles. The Balaban J connectivity index is 2.52. The van der Waals surface area contributed by atoms with Gasteiger partial charge in [0.2, 0.25) is 0 Å². The molecule has 1 unspecified atom stereocenters. The molecule has 1 N–H and O–H groups in total. The molecule has 0 radical (unpaired) electrons. The Morgan fingerprint density at radius 3 is 2.33 bits per heavy atom. The van der Waals surface area contributed by atoms with Gasteiger partial charge in [0.1, 0.15) is 0 Å². The summed E-state index contributed by atoms with van der Waals surface area (Å²) in [7, 11) is 1.91. The minimum atomic E-state index is 0.131. The number of rotatable bonds is 9. The Morgan fingerprint density at radius 1 is 1.17 bits per heavy atom. The highest BCUT2D eigenvalue weighted by Crippen LogP contribution is 2.37. The van der Waals surface area contributed by atoms with E-state index in [4.69, 9.17) is 4.74 Å². The van der Waals surface area contributed by atoms with E-state index in [0.29, 0.717) is 6.04 Å². The van der Waals surface area contributed by atoms with Crippen LogP contribution in [0.4, 0.5) is 0 Å². The maximum absolute atomic E-state index is 5.95. The number of nitrogens with one attached hydrogen (secondary N) is 1. The highest BCUT2D eigenvalue weighted by atomic mass is 16.5. The van der Waals surface area contributed by atoms with Gasteiger partial charge >= 0.3 is 0 Å². The highest BCUT2D eigenvalue weighted by molar-refractivity contribution is 4.96. The van der Waals surface area contributed by atoms with E-state index in [9.17, 15) is 0 Å². The third-order valence-corrected chi connectivity index (χ3v) is 4.41. The van der Waals surface area contributed by atoms with Crippen LogP contribution in [-0.4, -0.2) is 25.3 Å². The number of hydrogen-bond acceptors (Lipinski definition) is 2. The van der Waals surface area contributed by atoms with Gasteiger partial charge in [-0.2, -0.15) is 0 Å². The SMILES string of the molecule is CCCNC(CCCC(C)C)C1(OC)CCCC1. The van der Waals surface area contributed by atoms with Crippen molar-refractivity contribution < 1.29 is 4.74 Å². The Bertz CT molecular complexity index is 209. The molecule has 1 rings (SSSR count). The molecular weight excluding hydrogens is 222 g/mol. The Morgan fingerprint density at radius 2 is 1.83 bits per heavy atom. The number of ether oxygens (including phenoxy) is 1. The van der Waals surface area contributed by atoms with E-state index in [0.717, 1.165) is 12.5 Å². The van der Waals surface area contributed by atoms with Gasteiger partial charge in [0.05, 0.1) is 5.60 Å². The second-order valence-electron chi connectivity index (χ2n) is 6.31. The van der Waals surface area contributed by atoms with E-state index < -0.39 is 0 Å². The van der Waals surface area contributed by atoms with Gasteiger partial charge in [-0.1, -0.05) is 46.5 Å². The lowest BCUT2D eigenvalue weighted by Crippen LogP contribution is -2.50. The van der Waals surface area contributed by atoms with E-state index in [1.165, 1.54) is 51.4 Å². The summed E-state index contributed by atoms with van der Waals surface area (Å²) in [4.78, 5) is 0. The molecule has 1 saturated carbocycles. The lowest BCUT2D eigenvalue weighted by molar-refractivity contribution is -0.0384. The molecule has 2 heteroatoms. The molecule has 0 aromatic heterocycles. The number of hydrogen-bond donors (Lipinski definition) is 1. The second kappa shape index (κ2) is 8.16. The minimum absolute atomic E-state index is 0.131. The van der Waals surface area contributed by atoms with Gasteiger partial charge in [-0.05, 0) is 38.1 Å². The fourth-order valence-electron chi connectivity index (χ4n) is 3.27. The standard InChI is InChI=1S/C16H33NO/c1-5-13-17-15(10-8-9-14(2)3)16(18-4)11-6-7-12-16/h14-15,17H,5-13H2,1-4H3. The monoisotopic (exact) mass is 255 g/mol. The van der Waals surface area contributed by atoms with Crippen molar-refractivity contribution in [3.8, 4) is 0 Å². The molecule has 1 fully saturated rings. The van der Waals surface area contributed by atoms with Crippen molar-refractivity contribution >= 4 is 0 Å². The first-order chi connectivity index (χ1) is 8.64. The first-order valence-electron chi connectivity index (χ1n) is 7.93. The fraction of sp³-hybridized carbons (Fsp3) is 1.00. The maximum atomic E-state index is 5.95. The van der Waals surface area contributed by atoms with E-state index in [2.05, 4.69) is 26.1 Å². The largest absolute Gasteiger partial charge is 0.377 e. The molecule has 18 heavy (non-hydrogen) atoms. The van der Waals surface area contributed by atoms with Crippen molar-refractivity contribution in [1.82, 2.24) is 5.32 Å². The summed E-state index contributed by atoms with van der Waals surface area (Å²) in [6, 6.07) is 0.559. The third kappa shape index (κ3) is 4.55. The Hall–Kier alpha value is -0.0800. The molecule has 0 bridgehead atoms. The average Bonchev–Trinajstić information content (AvgIpc) is 2.83. The van der Waals surface area contributed by atoms with Gasteiger partial charge in [0.25, 0.3) is 0 Å². The van der Waals surface area contributed by atoms with Crippen LogP contribution in [0.5, 0.6) is 0 Å². The van der Waals surface area contributed by atoms with Crippen molar-refractivity contribution in [2.24, 2.45) is 5.92 Å². The van der Waals surface area contributed by atoms with E-state index in [1.54, 1.807) is 0 Å². The molecule has 0 aromatic rings. The highest BCUT2D eigenvalue weighted by Gasteiger charge is 2.40. The van der Waals surface area contributed by atoms with Crippen LogP contribution >= 0.6 is 0 Å². The lowest BCUT2D eigenvalue weighted by atomic mass is 9.87. The Labute approximate surface area is 114 Å². The summed E-state index contributed by atoms with van der Waals surface area (Å²) in [6.07, 6.45) is 10.3. The average molecular weight is 255 g/mol. The van der Waals surface area contributed by atoms with Crippen molar-refractivity contribution in [2.75, 3.05) is 13.7 Å². The predicted octanol–water partition coefficient (Wildman–Crippen LogP) is 4.14. The van der Waals surface area contributed by atoms with Gasteiger partial charge in [0.15, 0.2) is 0 Å². The van der Waals surface area contributed by atoms with E-state index in [1.807, 2.05) is 7.11 Å². The molecule has 0 spiro atoms. The zero-order valence-electron chi connectivity index (χ0n) is 12.9. The van der Waals surface area contributed by atoms with Gasteiger partial charge in [-0.25, -0.2) is 0 Å². The third-order valence-electron chi connectivity index (χ3n) is 4.41. The molecule has 2 nitrogen and oxygen atoms in total. The van der Waals surface area contributed by atoms with Crippen molar-refractivity contribution in [3.63, 3.8) is 0 Å². The molecule has 1 atom stereocenters. The van der Waals surface area contributed by atoms with Gasteiger partial charge in [-0.15, -0.1) is 0 Å². The molecule has 0 saturated heterocycles. The van der Waals surface area contributed by atoms with E-state index in [-0.39, 0.29) is 5.60 Å². The molecule has 108 valence electrons. The van der Waals surface area contributed by atoms with Gasteiger partial charge < -0.3 is 10.1 Å². The zero-order chi connectivity index (χ0) is 13.4. The maximum Gasteiger partial charge on any atom is 0.0830 e. The summed E-state index contributed by atoms with van der Waals surface area (Å²) in [5.74, 6) is 0.818. The molecule has 0 amide bonds. The molecular formula is C16H33NO. The van der Waals surface area contributed by atoms with Crippen molar-refractivity contribution in [3.05, 3.63) is 0 Å². The second-order valence-corrected chi connectivity index (χ2v) is 6.31. The summed E-state index contributed by atoms with van der Waals surface area (Å²) >= 11 is 0. The van der Waals surface area contributed by atoms with Crippen LogP contribution in [0.15, 0.2) is 0 Å². The smallest absolute Gasteiger partial charge is 0.0830 e. The van der Waals surface area contributed by atoms with Gasteiger partial charge in [-0.3, -0.25) is 0 Å². The minimum Gasteiger partial charge on any atom is -0.377 e. The van der Waals surface area contributed by atoms with Crippen LogP contribution in [0.3, 0.4) is 0 Å². The number of methoxy groups -OCH3 is 1. The fourth-order valence-corrected chi connectivity index (χ4v) is 3.27. The summed E-state index contributed by atoms with van der Waals surface area (Å²) in [5, 5.41) is 3.75.